The Morgan fingerprint density at radius 2 is 2.40 bits per heavy atom. The van der Waals surface area contributed by atoms with E-state index in [1.54, 1.807) is 0 Å². The first-order chi connectivity index (χ1) is 7.15. The predicted octanol–water partition coefficient (Wildman–Crippen LogP) is 0.768. The summed E-state index contributed by atoms with van der Waals surface area (Å²) < 4.78 is 0. The molecular weight excluding hydrogens is 220 g/mol. The highest BCUT2D eigenvalue weighted by Gasteiger charge is 2.14. The van der Waals surface area contributed by atoms with Gasteiger partial charge in [-0.25, -0.2) is 0 Å². The van der Waals surface area contributed by atoms with Gasteiger partial charge in [0.15, 0.2) is 0 Å². The van der Waals surface area contributed by atoms with Crippen molar-refractivity contribution >= 4 is 22.2 Å². The fourth-order valence-corrected chi connectivity index (χ4v) is 1.63. The first-order valence-electron chi connectivity index (χ1n) is 4.27. The minimum Gasteiger partial charge on any atom is -0.396 e. The molecule has 6 nitrogen and oxygen atoms in total. The van der Waals surface area contributed by atoms with Gasteiger partial charge in [0.25, 0.3) is 5.91 Å². The summed E-state index contributed by atoms with van der Waals surface area (Å²) in [4.78, 5) is 21.2. The van der Waals surface area contributed by atoms with Crippen LogP contribution in [0.15, 0.2) is 11.4 Å². The molecule has 7 heteroatoms. The third-order valence-corrected chi connectivity index (χ3v) is 2.53. The first-order valence-corrected chi connectivity index (χ1v) is 5.15. The Morgan fingerprint density at radius 3 is 2.93 bits per heavy atom. The molecule has 0 aliphatic heterocycles. The predicted molar refractivity (Wildman–Crippen MR) is 55.0 cm³/mol. The second-order valence-corrected chi connectivity index (χ2v) is 3.65. The third-order valence-electron chi connectivity index (χ3n) is 1.65. The van der Waals surface area contributed by atoms with E-state index in [0.717, 1.165) is 11.3 Å². The number of nitrogens with one attached hydrogen (secondary N) is 1. The lowest BCUT2D eigenvalue weighted by atomic mass is 10.3. The molecule has 0 aliphatic rings. The van der Waals surface area contributed by atoms with E-state index < -0.39 is 4.92 Å². The topological polar surface area (TPSA) is 92.5 Å². The fraction of sp³-hybridized carbons (Fsp3) is 0.375. The normalized spacial score (nSPS) is 9.93. The molecule has 82 valence electrons. The molecular formula is C8H10N2O4S. The molecule has 0 saturated carbocycles. The van der Waals surface area contributed by atoms with Crippen LogP contribution < -0.4 is 5.32 Å². The number of aliphatic hydroxyl groups is 1. The Balaban J connectivity index is 2.54. The van der Waals surface area contributed by atoms with E-state index in [9.17, 15) is 14.9 Å². The molecule has 2 N–H and O–H groups in total. The molecule has 1 amide bonds. The Morgan fingerprint density at radius 1 is 1.67 bits per heavy atom. The highest BCUT2D eigenvalue weighted by Crippen LogP contribution is 2.22. The third kappa shape index (κ3) is 3.30. The fourth-order valence-electron chi connectivity index (χ4n) is 0.923. The quantitative estimate of drug-likeness (QED) is 0.444. The maximum absolute atomic E-state index is 11.3. The molecule has 0 saturated heterocycles. The number of thiophene rings is 1. The molecule has 0 aromatic carbocycles. The molecule has 1 aromatic rings. The summed E-state index contributed by atoms with van der Waals surface area (Å²) in [5.74, 6) is -0.354. The van der Waals surface area contributed by atoms with Gasteiger partial charge in [0.05, 0.1) is 10.5 Å². The molecule has 1 aromatic heterocycles. The Bertz CT molecular complexity index is 363. The maximum Gasteiger partial charge on any atom is 0.324 e. The molecule has 0 fully saturated rings. The van der Waals surface area contributed by atoms with Crippen LogP contribution in [0.2, 0.25) is 0 Å². The van der Waals surface area contributed by atoms with Crippen LogP contribution >= 0.6 is 11.3 Å². The number of amides is 1. The number of nitrogens with zero attached hydrogens (tertiary/aromatic N) is 1. The van der Waals surface area contributed by atoms with Crippen LogP contribution in [-0.2, 0) is 0 Å². The standard InChI is InChI=1S/C8H10N2O4S/c11-3-1-2-9-8(12)6-4-7(10(13)14)15-5-6/h4-5,11H,1-3H2,(H,9,12). The molecule has 0 bridgehead atoms. The van der Waals surface area contributed by atoms with Crippen molar-refractivity contribution in [2.75, 3.05) is 13.2 Å². The summed E-state index contributed by atoms with van der Waals surface area (Å²) in [6, 6.07) is 1.24. The zero-order chi connectivity index (χ0) is 11.3. The molecule has 0 radical (unpaired) electrons. The number of nitro groups is 1. The number of hydrogen-bond acceptors (Lipinski definition) is 5. The van der Waals surface area contributed by atoms with E-state index in [-0.39, 0.29) is 23.1 Å². The molecule has 1 rings (SSSR count). The highest BCUT2D eigenvalue weighted by atomic mass is 32.1. The zero-order valence-electron chi connectivity index (χ0n) is 7.80. The van der Waals surface area contributed by atoms with E-state index >= 15 is 0 Å². The second-order valence-electron chi connectivity index (χ2n) is 2.76. The number of hydrogen-bond donors (Lipinski definition) is 2. The summed E-state index contributed by atoms with van der Waals surface area (Å²) in [5.41, 5.74) is 0.282. The van der Waals surface area contributed by atoms with Crippen molar-refractivity contribution in [3.05, 3.63) is 27.1 Å². The van der Waals surface area contributed by atoms with Gasteiger partial charge in [-0.3, -0.25) is 14.9 Å². The lowest BCUT2D eigenvalue weighted by Gasteiger charge is -2.00. The lowest BCUT2D eigenvalue weighted by Crippen LogP contribution is -2.24. The average molecular weight is 230 g/mol. The van der Waals surface area contributed by atoms with Crippen molar-refractivity contribution in [3.63, 3.8) is 0 Å². The van der Waals surface area contributed by atoms with Gasteiger partial charge in [-0.05, 0) is 6.42 Å². The van der Waals surface area contributed by atoms with Gasteiger partial charge in [-0.2, -0.15) is 0 Å². The van der Waals surface area contributed by atoms with Gasteiger partial charge in [0.2, 0.25) is 0 Å². The van der Waals surface area contributed by atoms with E-state index in [2.05, 4.69) is 5.32 Å². The van der Waals surface area contributed by atoms with Crippen LogP contribution in [0.1, 0.15) is 16.8 Å². The molecule has 0 spiro atoms. The largest absolute Gasteiger partial charge is 0.396 e. The Labute approximate surface area is 89.7 Å². The summed E-state index contributed by atoms with van der Waals surface area (Å²) >= 11 is 0.916. The van der Waals surface area contributed by atoms with Crippen LogP contribution in [0.25, 0.3) is 0 Å². The SMILES string of the molecule is O=C(NCCCO)c1csc([N+](=O)[O-])c1. The van der Waals surface area contributed by atoms with Crippen LogP contribution in [-0.4, -0.2) is 29.1 Å². The van der Waals surface area contributed by atoms with E-state index in [1.165, 1.54) is 11.4 Å². The minimum atomic E-state index is -0.533. The molecule has 0 atom stereocenters. The molecule has 1 heterocycles. The monoisotopic (exact) mass is 230 g/mol. The summed E-state index contributed by atoms with van der Waals surface area (Å²) in [6.07, 6.45) is 0.470. The Kier molecular flexibility index (Phi) is 4.19. The van der Waals surface area contributed by atoms with Gasteiger partial charge in [0, 0.05) is 24.6 Å². The smallest absolute Gasteiger partial charge is 0.324 e. The van der Waals surface area contributed by atoms with Gasteiger partial charge in [-0.15, -0.1) is 0 Å². The van der Waals surface area contributed by atoms with Gasteiger partial charge in [0.1, 0.15) is 0 Å². The van der Waals surface area contributed by atoms with Crippen LogP contribution in [0.4, 0.5) is 5.00 Å². The van der Waals surface area contributed by atoms with Crippen molar-refractivity contribution in [2.24, 2.45) is 0 Å². The van der Waals surface area contributed by atoms with Crippen molar-refractivity contribution in [1.29, 1.82) is 0 Å². The minimum absolute atomic E-state index is 0.00403. The highest BCUT2D eigenvalue weighted by molar-refractivity contribution is 7.13. The Hall–Kier alpha value is -1.47. The summed E-state index contributed by atoms with van der Waals surface area (Å²) in [7, 11) is 0. The van der Waals surface area contributed by atoms with Crippen LogP contribution in [0, 0.1) is 10.1 Å². The summed E-state index contributed by atoms with van der Waals surface area (Å²) in [5, 5.41) is 22.8. The number of carbonyl (C=O) groups excluding carboxylic acids is 1. The van der Waals surface area contributed by atoms with Gasteiger partial charge in [-0.1, -0.05) is 11.3 Å². The van der Waals surface area contributed by atoms with E-state index in [4.69, 9.17) is 5.11 Å². The number of aliphatic hydroxyl groups excluding tert-OH is 1. The van der Waals surface area contributed by atoms with Crippen LogP contribution in [0.3, 0.4) is 0 Å². The maximum atomic E-state index is 11.3. The van der Waals surface area contributed by atoms with Crippen molar-refractivity contribution in [3.8, 4) is 0 Å². The van der Waals surface area contributed by atoms with Gasteiger partial charge >= 0.3 is 5.00 Å². The van der Waals surface area contributed by atoms with Crippen molar-refractivity contribution in [1.82, 2.24) is 5.32 Å². The number of rotatable bonds is 5. The van der Waals surface area contributed by atoms with Gasteiger partial charge < -0.3 is 10.4 Å². The lowest BCUT2D eigenvalue weighted by molar-refractivity contribution is -0.380. The molecule has 0 unspecified atom stereocenters. The molecule has 15 heavy (non-hydrogen) atoms. The van der Waals surface area contributed by atoms with E-state index in [1.807, 2.05) is 0 Å². The zero-order valence-corrected chi connectivity index (χ0v) is 8.62. The van der Waals surface area contributed by atoms with Crippen molar-refractivity contribution in [2.45, 2.75) is 6.42 Å². The average Bonchev–Trinajstić information content (AvgIpc) is 2.66. The second kappa shape index (κ2) is 5.42. The number of carbonyl (C=O) groups is 1. The summed E-state index contributed by atoms with van der Waals surface area (Å²) in [6.45, 7) is 0.364. The van der Waals surface area contributed by atoms with Crippen LogP contribution in [0.5, 0.6) is 0 Å². The first kappa shape index (κ1) is 11.6. The van der Waals surface area contributed by atoms with E-state index in [0.29, 0.717) is 13.0 Å². The molecule has 0 aliphatic carbocycles. The van der Waals surface area contributed by atoms with Crippen molar-refractivity contribution < 1.29 is 14.8 Å².